The molecule has 0 aliphatic carbocycles. The van der Waals surface area contributed by atoms with Crippen LogP contribution in [0.1, 0.15) is 31.2 Å². The molecule has 0 unspecified atom stereocenters. The Morgan fingerprint density at radius 3 is 2.58 bits per heavy atom. The van der Waals surface area contributed by atoms with Gasteiger partial charge in [0, 0.05) is 25.3 Å². The largest absolute Gasteiger partial charge is 0.459 e. The number of hydrogen-bond acceptors (Lipinski definition) is 5. The van der Waals surface area contributed by atoms with Crippen LogP contribution in [0.3, 0.4) is 0 Å². The second-order valence-electron chi connectivity index (χ2n) is 6.05. The molecule has 1 heterocycles. The van der Waals surface area contributed by atoms with Crippen molar-refractivity contribution >= 4 is 12.0 Å². The molecule has 5 heteroatoms. The number of ether oxygens (including phenoxy) is 1. The van der Waals surface area contributed by atoms with Crippen LogP contribution in [0.5, 0.6) is 0 Å². The third kappa shape index (κ3) is 6.66. The first-order valence-electron chi connectivity index (χ1n) is 8.17. The molecule has 0 fully saturated rings. The summed E-state index contributed by atoms with van der Waals surface area (Å²) in [5.41, 5.74) is 0.971. The van der Waals surface area contributed by atoms with Crippen LogP contribution in [0.4, 0.5) is 0 Å². The van der Waals surface area contributed by atoms with Gasteiger partial charge in [0.05, 0.1) is 18.3 Å². The average Bonchev–Trinajstić information content (AvgIpc) is 2.53. The van der Waals surface area contributed by atoms with Crippen molar-refractivity contribution in [2.24, 2.45) is 0 Å². The van der Waals surface area contributed by atoms with Crippen LogP contribution in [-0.4, -0.2) is 45.7 Å². The molecule has 1 aliphatic rings. The number of aliphatic hydroxyl groups excluding tert-OH is 3. The van der Waals surface area contributed by atoms with Crippen LogP contribution in [0.15, 0.2) is 48.6 Å². The lowest BCUT2D eigenvalue weighted by molar-refractivity contribution is -0.145. The highest BCUT2D eigenvalue weighted by Crippen LogP contribution is 2.17. The summed E-state index contributed by atoms with van der Waals surface area (Å²) in [4.78, 5) is 11.1. The minimum Gasteiger partial charge on any atom is -0.459 e. The van der Waals surface area contributed by atoms with Crippen molar-refractivity contribution < 1.29 is 24.9 Å². The van der Waals surface area contributed by atoms with Crippen molar-refractivity contribution in [1.82, 2.24) is 0 Å². The molecule has 3 N–H and O–H groups in total. The van der Waals surface area contributed by atoms with Crippen molar-refractivity contribution in [2.45, 2.75) is 50.1 Å². The SMILES string of the molecule is O=C1C=CC[C@H](C[C@@H](O)C[C@@H](O)C[C@@H](O)C=Cc2ccccc2)O1. The average molecular weight is 332 g/mol. The topological polar surface area (TPSA) is 87.0 Å². The number of carbonyl (C=O) groups is 1. The van der Waals surface area contributed by atoms with E-state index in [0.717, 1.165) is 5.56 Å². The standard InChI is InChI=1S/C19H24O5/c20-15(10-9-14-5-2-1-3-6-14)11-16(21)12-17(22)13-18-7-4-8-19(23)24-18/h1-6,8-10,15-18,20-22H,7,11-13H2/t15-,16-,17-,18+/m0/s1. The van der Waals surface area contributed by atoms with E-state index in [1.54, 1.807) is 18.2 Å². The molecule has 1 aliphatic heterocycles. The highest BCUT2D eigenvalue weighted by Gasteiger charge is 2.22. The van der Waals surface area contributed by atoms with E-state index >= 15 is 0 Å². The summed E-state index contributed by atoms with van der Waals surface area (Å²) in [6.07, 6.45) is 4.88. The normalized spacial score (nSPS) is 21.5. The molecule has 1 aromatic carbocycles. The van der Waals surface area contributed by atoms with Gasteiger partial charge in [0.1, 0.15) is 6.10 Å². The summed E-state index contributed by atoms with van der Waals surface area (Å²) in [7, 11) is 0. The van der Waals surface area contributed by atoms with Gasteiger partial charge in [-0.25, -0.2) is 4.79 Å². The van der Waals surface area contributed by atoms with Gasteiger partial charge in [-0.05, 0) is 12.0 Å². The Bertz CT molecular complexity index is 566. The Kier molecular flexibility index (Phi) is 7.18. The molecule has 0 radical (unpaired) electrons. The van der Waals surface area contributed by atoms with Gasteiger partial charge in [-0.3, -0.25) is 0 Å². The van der Waals surface area contributed by atoms with E-state index < -0.39 is 24.3 Å². The number of benzene rings is 1. The van der Waals surface area contributed by atoms with E-state index in [2.05, 4.69) is 0 Å². The van der Waals surface area contributed by atoms with E-state index in [1.807, 2.05) is 30.3 Å². The Morgan fingerprint density at radius 1 is 1.12 bits per heavy atom. The summed E-state index contributed by atoms with van der Waals surface area (Å²) >= 11 is 0. The van der Waals surface area contributed by atoms with Gasteiger partial charge in [-0.15, -0.1) is 0 Å². The highest BCUT2D eigenvalue weighted by atomic mass is 16.5. The smallest absolute Gasteiger partial charge is 0.330 e. The molecule has 0 aromatic heterocycles. The summed E-state index contributed by atoms with van der Waals surface area (Å²) in [6.45, 7) is 0. The Balaban J connectivity index is 1.71. The van der Waals surface area contributed by atoms with Gasteiger partial charge in [-0.2, -0.15) is 0 Å². The summed E-state index contributed by atoms with van der Waals surface area (Å²) < 4.78 is 5.08. The molecule has 24 heavy (non-hydrogen) atoms. The first-order chi connectivity index (χ1) is 11.5. The number of carbonyl (C=O) groups excluding carboxylic acids is 1. The zero-order valence-corrected chi connectivity index (χ0v) is 13.5. The molecule has 0 bridgehead atoms. The third-order valence-electron chi connectivity index (χ3n) is 3.84. The monoisotopic (exact) mass is 332 g/mol. The maximum Gasteiger partial charge on any atom is 0.330 e. The summed E-state index contributed by atoms with van der Waals surface area (Å²) in [5, 5.41) is 29.9. The van der Waals surface area contributed by atoms with Crippen molar-refractivity contribution in [2.75, 3.05) is 0 Å². The fourth-order valence-corrected chi connectivity index (χ4v) is 2.67. The van der Waals surface area contributed by atoms with Gasteiger partial charge < -0.3 is 20.1 Å². The van der Waals surface area contributed by atoms with Gasteiger partial charge in [0.15, 0.2) is 0 Å². The molecule has 130 valence electrons. The van der Waals surface area contributed by atoms with Crippen LogP contribution in [0, 0.1) is 0 Å². The quantitative estimate of drug-likeness (QED) is 0.632. The Hall–Kier alpha value is -1.95. The predicted molar refractivity (Wildman–Crippen MR) is 91.0 cm³/mol. The molecular weight excluding hydrogens is 308 g/mol. The minimum absolute atomic E-state index is 0.133. The number of aliphatic hydroxyl groups is 3. The van der Waals surface area contributed by atoms with E-state index in [1.165, 1.54) is 6.08 Å². The van der Waals surface area contributed by atoms with Crippen LogP contribution in [0.25, 0.3) is 6.08 Å². The molecule has 2 rings (SSSR count). The van der Waals surface area contributed by atoms with Crippen LogP contribution < -0.4 is 0 Å². The molecule has 0 saturated carbocycles. The maximum atomic E-state index is 11.1. The molecule has 0 spiro atoms. The predicted octanol–water partition coefficient (Wildman–Crippen LogP) is 1.82. The highest BCUT2D eigenvalue weighted by molar-refractivity contribution is 5.82. The molecular formula is C19H24O5. The van der Waals surface area contributed by atoms with E-state index in [4.69, 9.17) is 4.74 Å². The fourth-order valence-electron chi connectivity index (χ4n) is 2.67. The Labute approximate surface area is 141 Å². The van der Waals surface area contributed by atoms with Gasteiger partial charge in [0.2, 0.25) is 0 Å². The van der Waals surface area contributed by atoms with Crippen molar-refractivity contribution in [3.63, 3.8) is 0 Å². The van der Waals surface area contributed by atoms with Crippen molar-refractivity contribution in [1.29, 1.82) is 0 Å². The van der Waals surface area contributed by atoms with Crippen LogP contribution in [-0.2, 0) is 9.53 Å². The number of hydrogen-bond donors (Lipinski definition) is 3. The zero-order chi connectivity index (χ0) is 17.4. The van der Waals surface area contributed by atoms with Gasteiger partial charge in [-0.1, -0.05) is 48.6 Å². The third-order valence-corrected chi connectivity index (χ3v) is 3.84. The van der Waals surface area contributed by atoms with E-state index in [-0.39, 0.29) is 25.4 Å². The molecule has 1 aromatic rings. The maximum absolute atomic E-state index is 11.1. The van der Waals surface area contributed by atoms with E-state index in [9.17, 15) is 20.1 Å². The fraction of sp³-hybridized carbons (Fsp3) is 0.421. The Morgan fingerprint density at radius 2 is 1.88 bits per heavy atom. The number of cyclic esters (lactones) is 1. The van der Waals surface area contributed by atoms with E-state index in [0.29, 0.717) is 6.42 Å². The minimum atomic E-state index is -0.828. The van der Waals surface area contributed by atoms with Crippen LogP contribution in [0.2, 0.25) is 0 Å². The second kappa shape index (κ2) is 9.37. The second-order valence-corrected chi connectivity index (χ2v) is 6.05. The van der Waals surface area contributed by atoms with Crippen molar-refractivity contribution in [3.05, 3.63) is 54.1 Å². The molecule has 4 atom stereocenters. The first kappa shape index (κ1) is 18.4. The van der Waals surface area contributed by atoms with Gasteiger partial charge >= 0.3 is 5.97 Å². The lowest BCUT2D eigenvalue weighted by Gasteiger charge is -2.23. The summed E-state index contributed by atoms with van der Waals surface area (Å²) in [6, 6.07) is 9.57. The lowest BCUT2D eigenvalue weighted by Crippen LogP contribution is -2.28. The molecule has 0 amide bonds. The summed E-state index contributed by atoms with van der Waals surface area (Å²) in [5.74, 6) is -0.402. The first-order valence-corrected chi connectivity index (χ1v) is 8.17. The molecule has 5 nitrogen and oxygen atoms in total. The zero-order valence-electron chi connectivity index (χ0n) is 13.5. The van der Waals surface area contributed by atoms with Gasteiger partial charge in [0.25, 0.3) is 0 Å². The van der Waals surface area contributed by atoms with Crippen molar-refractivity contribution in [3.8, 4) is 0 Å². The number of rotatable bonds is 8. The van der Waals surface area contributed by atoms with Crippen LogP contribution >= 0.6 is 0 Å². The molecule has 0 saturated heterocycles. The number of esters is 1. The lowest BCUT2D eigenvalue weighted by atomic mass is 9.99.